The summed E-state index contributed by atoms with van der Waals surface area (Å²) in [6, 6.07) is 7.06. The Morgan fingerprint density at radius 1 is 1.29 bits per heavy atom. The Labute approximate surface area is 120 Å². The Morgan fingerprint density at radius 3 is 2.57 bits per heavy atom. The number of halogens is 1. The molecule has 0 bridgehead atoms. The maximum absolute atomic E-state index is 13.9. The SMILES string of the molecule is Cc1cc(C)c(Oc2ccc(CO)cc2F)c([N+](=O)[O-])c1. The number of rotatable bonds is 4. The summed E-state index contributed by atoms with van der Waals surface area (Å²) < 4.78 is 19.2. The van der Waals surface area contributed by atoms with Crippen LogP contribution in [-0.2, 0) is 6.61 Å². The molecule has 5 nitrogen and oxygen atoms in total. The van der Waals surface area contributed by atoms with E-state index in [-0.39, 0.29) is 23.8 Å². The Balaban J connectivity index is 2.46. The first-order chi connectivity index (χ1) is 9.92. The van der Waals surface area contributed by atoms with Gasteiger partial charge in [-0.2, -0.15) is 0 Å². The lowest BCUT2D eigenvalue weighted by Gasteiger charge is -2.11. The summed E-state index contributed by atoms with van der Waals surface area (Å²) in [5, 5.41) is 20.0. The minimum absolute atomic E-state index is 0.0150. The highest BCUT2D eigenvalue weighted by molar-refractivity contribution is 5.55. The van der Waals surface area contributed by atoms with Crippen molar-refractivity contribution in [3.8, 4) is 11.5 Å². The molecule has 2 aromatic carbocycles. The van der Waals surface area contributed by atoms with Gasteiger partial charge in [-0.3, -0.25) is 10.1 Å². The van der Waals surface area contributed by atoms with Crippen molar-refractivity contribution in [1.29, 1.82) is 0 Å². The Kier molecular flexibility index (Phi) is 4.18. The molecule has 0 atom stereocenters. The van der Waals surface area contributed by atoms with Crippen LogP contribution in [0.3, 0.4) is 0 Å². The van der Waals surface area contributed by atoms with Gasteiger partial charge in [0.25, 0.3) is 0 Å². The molecule has 0 unspecified atom stereocenters. The highest BCUT2D eigenvalue weighted by Crippen LogP contribution is 2.36. The van der Waals surface area contributed by atoms with E-state index < -0.39 is 10.7 Å². The second-order valence-corrected chi connectivity index (χ2v) is 4.71. The quantitative estimate of drug-likeness (QED) is 0.689. The molecule has 0 aliphatic rings. The number of aryl methyl sites for hydroxylation is 2. The molecule has 0 aliphatic heterocycles. The van der Waals surface area contributed by atoms with E-state index in [1.807, 2.05) is 0 Å². The van der Waals surface area contributed by atoms with Crippen molar-refractivity contribution in [1.82, 2.24) is 0 Å². The number of nitro benzene ring substituents is 1. The predicted octanol–water partition coefficient (Wildman–Crippen LogP) is 3.64. The first-order valence-electron chi connectivity index (χ1n) is 6.25. The van der Waals surface area contributed by atoms with Gasteiger partial charge in [0.15, 0.2) is 11.6 Å². The zero-order chi connectivity index (χ0) is 15.6. The van der Waals surface area contributed by atoms with Gasteiger partial charge < -0.3 is 9.84 Å². The van der Waals surface area contributed by atoms with Crippen LogP contribution < -0.4 is 4.74 Å². The van der Waals surface area contributed by atoms with Gasteiger partial charge in [-0.25, -0.2) is 4.39 Å². The molecule has 6 heteroatoms. The second kappa shape index (κ2) is 5.88. The molecular weight excluding hydrogens is 277 g/mol. The van der Waals surface area contributed by atoms with E-state index >= 15 is 0 Å². The smallest absolute Gasteiger partial charge is 0.312 e. The van der Waals surface area contributed by atoms with E-state index in [0.29, 0.717) is 11.1 Å². The fourth-order valence-corrected chi connectivity index (χ4v) is 2.04. The van der Waals surface area contributed by atoms with Crippen LogP contribution in [0.5, 0.6) is 11.5 Å². The average molecular weight is 291 g/mol. The summed E-state index contributed by atoms with van der Waals surface area (Å²) in [6.45, 7) is 3.11. The Hall–Kier alpha value is -2.47. The van der Waals surface area contributed by atoms with Gasteiger partial charge in [0.2, 0.25) is 5.75 Å². The molecule has 110 valence electrons. The third kappa shape index (κ3) is 3.17. The second-order valence-electron chi connectivity index (χ2n) is 4.71. The minimum atomic E-state index is -0.684. The number of benzene rings is 2. The lowest BCUT2D eigenvalue weighted by molar-refractivity contribution is -0.385. The monoisotopic (exact) mass is 291 g/mol. The van der Waals surface area contributed by atoms with Crippen molar-refractivity contribution < 1.29 is 19.2 Å². The van der Waals surface area contributed by atoms with Crippen LogP contribution in [0, 0.1) is 29.8 Å². The lowest BCUT2D eigenvalue weighted by Crippen LogP contribution is -1.98. The summed E-state index contributed by atoms with van der Waals surface area (Å²) in [5.74, 6) is -0.792. The normalized spacial score (nSPS) is 10.5. The van der Waals surface area contributed by atoms with Crippen LogP contribution in [0.1, 0.15) is 16.7 Å². The van der Waals surface area contributed by atoms with Crippen molar-refractivity contribution in [2.45, 2.75) is 20.5 Å². The summed E-state index contributed by atoms with van der Waals surface area (Å²) in [7, 11) is 0. The minimum Gasteiger partial charge on any atom is -0.447 e. The third-order valence-corrected chi connectivity index (χ3v) is 2.99. The first-order valence-corrected chi connectivity index (χ1v) is 6.25. The molecule has 0 fully saturated rings. The van der Waals surface area contributed by atoms with Gasteiger partial charge in [-0.15, -0.1) is 0 Å². The fourth-order valence-electron chi connectivity index (χ4n) is 2.04. The molecule has 2 aromatic rings. The number of aliphatic hydroxyl groups excluding tert-OH is 1. The summed E-state index contributed by atoms with van der Waals surface area (Å²) in [6.07, 6.45) is 0. The van der Waals surface area contributed by atoms with Crippen molar-refractivity contribution >= 4 is 5.69 Å². The molecule has 0 spiro atoms. The zero-order valence-corrected chi connectivity index (χ0v) is 11.6. The molecule has 0 saturated heterocycles. The van der Waals surface area contributed by atoms with Gasteiger partial charge in [0, 0.05) is 6.07 Å². The molecule has 0 amide bonds. The summed E-state index contributed by atoms with van der Waals surface area (Å²) in [4.78, 5) is 10.5. The molecule has 0 aromatic heterocycles. The lowest BCUT2D eigenvalue weighted by atomic mass is 10.1. The van der Waals surface area contributed by atoms with Crippen molar-refractivity contribution in [2.24, 2.45) is 0 Å². The van der Waals surface area contributed by atoms with Crippen molar-refractivity contribution in [3.05, 3.63) is 63.0 Å². The van der Waals surface area contributed by atoms with Gasteiger partial charge in [0.05, 0.1) is 11.5 Å². The van der Waals surface area contributed by atoms with Crippen LogP contribution >= 0.6 is 0 Å². The predicted molar refractivity (Wildman–Crippen MR) is 75.0 cm³/mol. The van der Waals surface area contributed by atoms with E-state index in [4.69, 9.17) is 9.84 Å². The fraction of sp³-hybridized carbons (Fsp3) is 0.200. The molecule has 0 saturated carbocycles. The number of nitrogens with zero attached hydrogens (tertiary/aromatic N) is 1. The van der Waals surface area contributed by atoms with Gasteiger partial charge >= 0.3 is 5.69 Å². The van der Waals surface area contributed by atoms with Crippen LogP contribution in [0.25, 0.3) is 0 Å². The zero-order valence-electron chi connectivity index (χ0n) is 11.6. The Bertz CT molecular complexity index is 700. The molecule has 0 radical (unpaired) electrons. The van der Waals surface area contributed by atoms with E-state index in [1.54, 1.807) is 19.9 Å². The van der Waals surface area contributed by atoms with E-state index in [0.717, 1.165) is 11.6 Å². The number of hydrogen-bond acceptors (Lipinski definition) is 4. The Morgan fingerprint density at radius 2 is 2.00 bits per heavy atom. The highest BCUT2D eigenvalue weighted by atomic mass is 19.1. The molecule has 0 aliphatic carbocycles. The van der Waals surface area contributed by atoms with E-state index in [2.05, 4.69) is 0 Å². The van der Waals surface area contributed by atoms with Crippen molar-refractivity contribution in [2.75, 3.05) is 0 Å². The third-order valence-electron chi connectivity index (χ3n) is 2.99. The molecule has 21 heavy (non-hydrogen) atoms. The summed E-state index contributed by atoms with van der Waals surface area (Å²) in [5.41, 5.74) is 1.46. The van der Waals surface area contributed by atoms with Crippen LogP contribution in [0.2, 0.25) is 0 Å². The van der Waals surface area contributed by atoms with Crippen LogP contribution in [0.15, 0.2) is 30.3 Å². The number of hydrogen-bond donors (Lipinski definition) is 1. The van der Waals surface area contributed by atoms with Gasteiger partial charge in [-0.1, -0.05) is 12.1 Å². The van der Waals surface area contributed by atoms with E-state index in [9.17, 15) is 14.5 Å². The topological polar surface area (TPSA) is 72.6 Å². The molecule has 2 rings (SSSR count). The van der Waals surface area contributed by atoms with E-state index in [1.165, 1.54) is 18.2 Å². The van der Waals surface area contributed by atoms with Crippen LogP contribution in [-0.4, -0.2) is 10.0 Å². The molecule has 1 N–H and O–H groups in total. The number of aliphatic hydroxyl groups is 1. The molecular formula is C15H14FNO4. The maximum atomic E-state index is 13.9. The highest BCUT2D eigenvalue weighted by Gasteiger charge is 2.20. The maximum Gasteiger partial charge on any atom is 0.312 e. The average Bonchev–Trinajstić information content (AvgIpc) is 2.42. The van der Waals surface area contributed by atoms with Gasteiger partial charge in [0.1, 0.15) is 0 Å². The summed E-state index contributed by atoms with van der Waals surface area (Å²) >= 11 is 0. The van der Waals surface area contributed by atoms with Gasteiger partial charge in [-0.05, 0) is 42.7 Å². The first kappa shape index (κ1) is 14.9. The number of nitro groups is 1. The molecule has 0 heterocycles. The van der Waals surface area contributed by atoms with Crippen LogP contribution in [0.4, 0.5) is 10.1 Å². The van der Waals surface area contributed by atoms with Crippen molar-refractivity contribution in [3.63, 3.8) is 0 Å². The standard InChI is InChI=1S/C15H14FNO4/c1-9-5-10(2)15(13(6-9)17(19)20)21-14-4-3-11(8-18)7-12(14)16/h3-7,18H,8H2,1-2H3. The number of ether oxygens (including phenoxy) is 1. The largest absolute Gasteiger partial charge is 0.447 e.